The molecule has 0 aliphatic carbocycles. The van der Waals surface area contributed by atoms with Crippen LogP contribution in [0.4, 0.5) is 11.4 Å². The fourth-order valence-electron chi connectivity index (χ4n) is 4.07. The van der Waals surface area contributed by atoms with E-state index in [4.69, 9.17) is 0 Å². The number of anilines is 2. The number of rotatable bonds is 7. The highest BCUT2D eigenvalue weighted by molar-refractivity contribution is 6.01. The van der Waals surface area contributed by atoms with E-state index in [2.05, 4.69) is 27.7 Å². The van der Waals surface area contributed by atoms with Gasteiger partial charge in [-0.05, 0) is 61.2 Å². The lowest BCUT2D eigenvalue weighted by Crippen LogP contribution is -2.45. The minimum atomic E-state index is -0.692. The number of nitrogens with one attached hydrogen (secondary N) is 2. The summed E-state index contributed by atoms with van der Waals surface area (Å²) < 4.78 is 0. The molecular formula is C27H29N3O2. The molecule has 0 radical (unpaired) electrons. The summed E-state index contributed by atoms with van der Waals surface area (Å²) >= 11 is 0. The van der Waals surface area contributed by atoms with Crippen molar-refractivity contribution >= 4 is 23.2 Å². The Hall–Kier alpha value is -3.60. The Balaban J connectivity index is 1.50. The van der Waals surface area contributed by atoms with Crippen molar-refractivity contribution in [3.8, 4) is 0 Å². The summed E-state index contributed by atoms with van der Waals surface area (Å²) in [7, 11) is 0. The number of nitrogens with zero attached hydrogens (tertiary/aromatic N) is 1. The van der Waals surface area contributed by atoms with Gasteiger partial charge in [0, 0.05) is 36.4 Å². The molecule has 1 aliphatic rings. The first-order chi connectivity index (χ1) is 15.6. The molecule has 4 rings (SSSR count). The predicted octanol–water partition coefficient (Wildman–Crippen LogP) is 4.58. The van der Waals surface area contributed by atoms with Gasteiger partial charge in [0.05, 0.1) is 0 Å². The Morgan fingerprint density at radius 3 is 2.22 bits per heavy atom. The molecule has 2 amide bonds. The van der Waals surface area contributed by atoms with Gasteiger partial charge in [-0.25, -0.2) is 0 Å². The molecule has 0 aromatic heterocycles. The number of carbonyl (C=O) groups is 2. The van der Waals surface area contributed by atoms with Crippen LogP contribution < -0.4 is 15.5 Å². The van der Waals surface area contributed by atoms with Gasteiger partial charge < -0.3 is 15.5 Å². The zero-order valence-electron chi connectivity index (χ0n) is 18.4. The van der Waals surface area contributed by atoms with Gasteiger partial charge in [-0.15, -0.1) is 0 Å². The third kappa shape index (κ3) is 5.35. The van der Waals surface area contributed by atoms with Crippen molar-refractivity contribution in [1.29, 1.82) is 0 Å². The van der Waals surface area contributed by atoms with E-state index in [1.807, 2.05) is 61.5 Å². The van der Waals surface area contributed by atoms with Gasteiger partial charge in [0.15, 0.2) is 0 Å². The molecule has 1 atom stereocenters. The first-order valence-electron chi connectivity index (χ1n) is 11.2. The van der Waals surface area contributed by atoms with Crippen molar-refractivity contribution in [3.63, 3.8) is 0 Å². The SMILES string of the molecule is Cc1cc(N2CCCC2)ccc1NC(=O)C(Cc1ccccc1)NC(=O)c1ccccc1. The fourth-order valence-corrected chi connectivity index (χ4v) is 4.07. The van der Waals surface area contributed by atoms with Gasteiger partial charge in [-0.2, -0.15) is 0 Å². The standard InChI is InChI=1S/C27H29N3O2/c1-20-18-23(30-16-8-9-17-30)14-15-24(20)28-27(32)25(19-21-10-4-2-5-11-21)29-26(31)22-12-6-3-7-13-22/h2-7,10-15,18,25H,8-9,16-17,19H2,1H3,(H,28,32)(H,29,31). The molecule has 1 heterocycles. The average molecular weight is 428 g/mol. The van der Waals surface area contributed by atoms with Gasteiger partial charge in [0.1, 0.15) is 6.04 Å². The van der Waals surface area contributed by atoms with Crippen LogP contribution >= 0.6 is 0 Å². The van der Waals surface area contributed by atoms with Crippen LogP contribution in [0.15, 0.2) is 78.9 Å². The van der Waals surface area contributed by atoms with E-state index in [0.29, 0.717) is 12.0 Å². The van der Waals surface area contributed by atoms with Gasteiger partial charge in [0.25, 0.3) is 5.91 Å². The topological polar surface area (TPSA) is 61.4 Å². The number of benzene rings is 3. The molecule has 32 heavy (non-hydrogen) atoms. The number of amides is 2. The Morgan fingerprint density at radius 2 is 1.56 bits per heavy atom. The molecule has 1 aliphatic heterocycles. The van der Waals surface area contributed by atoms with Crippen LogP contribution in [0.5, 0.6) is 0 Å². The Kier molecular flexibility index (Phi) is 6.85. The second-order valence-electron chi connectivity index (χ2n) is 8.26. The normalized spacial score (nSPS) is 14.1. The van der Waals surface area contributed by atoms with Crippen LogP contribution in [0, 0.1) is 6.92 Å². The molecule has 0 saturated carbocycles. The lowest BCUT2D eigenvalue weighted by molar-refractivity contribution is -0.118. The number of carbonyl (C=O) groups excluding carboxylic acids is 2. The van der Waals surface area contributed by atoms with E-state index in [-0.39, 0.29) is 11.8 Å². The van der Waals surface area contributed by atoms with E-state index in [1.54, 1.807) is 12.1 Å². The minimum Gasteiger partial charge on any atom is -0.372 e. The summed E-state index contributed by atoms with van der Waals surface area (Å²) in [5, 5.41) is 5.95. The highest BCUT2D eigenvalue weighted by atomic mass is 16.2. The molecule has 3 aromatic carbocycles. The maximum Gasteiger partial charge on any atom is 0.251 e. The van der Waals surface area contributed by atoms with Crippen LogP contribution in [-0.4, -0.2) is 30.9 Å². The second-order valence-corrected chi connectivity index (χ2v) is 8.26. The molecule has 1 saturated heterocycles. The first kappa shape index (κ1) is 21.6. The number of hydrogen-bond acceptors (Lipinski definition) is 3. The Bertz CT molecular complexity index is 1060. The summed E-state index contributed by atoms with van der Waals surface area (Å²) in [6, 6.07) is 24.2. The molecule has 5 heteroatoms. The zero-order chi connectivity index (χ0) is 22.3. The fraction of sp³-hybridized carbons (Fsp3) is 0.259. The monoisotopic (exact) mass is 427 g/mol. The molecule has 0 bridgehead atoms. The van der Waals surface area contributed by atoms with Crippen molar-refractivity contribution in [2.75, 3.05) is 23.3 Å². The van der Waals surface area contributed by atoms with Crippen molar-refractivity contribution in [1.82, 2.24) is 5.32 Å². The van der Waals surface area contributed by atoms with Crippen LogP contribution in [0.3, 0.4) is 0 Å². The maximum atomic E-state index is 13.2. The van der Waals surface area contributed by atoms with Gasteiger partial charge in [0.2, 0.25) is 5.91 Å². The van der Waals surface area contributed by atoms with Crippen LogP contribution in [-0.2, 0) is 11.2 Å². The summed E-state index contributed by atoms with van der Waals surface area (Å²) in [5.74, 6) is -0.488. The van der Waals surface area contributed by atoms with E-state index in [1.165, 1.54) is 18.5 Å². The van der Waals surface area contributed by atoms with Crippen LogP contribution in [0.2, 0.25) is 0 Å². The van der Waals surface area contributed by atoms with Gasteiger partial charge in [-0.1, -0.05) is 48.5 Å². The summed E-state index contributed by atoms with van der Waals surface area (Å²) in [4.78, 5) is 28.4. The molecule has 164 valence electrons. The first-order valence-corrected chi connectivity index (χ1v) is 11.2. The molecular weight excluding hydrogens is 398 g/mol. The smallest absolute Gasteiger partial charge is 0.251 e. The van der Waals surface area contributed by atoms with Crippen molar-refractivity contribution in [2.45, 2.75) is 32.2 Å². The molecule has 0 spiro atoms. The Labute approximate surface area is 189 Å². The molecule has 1 unspecified atom stereocenters. The van der Waals surface area contributed by atoms with E-state index in [9.17, 15) is 9.59 Å². The molecule has 5 nitrogen and oxygen atoms in total. The van der Waals surface area contributed by atoms with Gasteiger partial charge >= 0.3 is 0 Å². The second kappa shape index (κ2) is 10.1. The van der Waals surface area contributed by atoms with Crippen LogP contribution in [0.1, 0.15) is 34.3 Å². The maximum absolute atomic E-state index is 13.2. The predicted molar refractivity (Wildman–Crippen MR) is 129 cm³/mol. The van der Waals surface area contributed by atoms with E-state index in [0.717, 1.165) is 29.9 Å². The quantitative estimate of drug-likeness (QED) is 0.580. The third-order valence-electron chi connectivity index (χ3n) is 5.88. The lowest BCUT2D eigenvalue weighted by Gasteiger charge is -2.21. The van der Waals surface area contributed by atoms with Gasteiger partial charge in [-0.3, -0.25) is 9.59 Å². The molecule has 1 fully saturated rings. The highest BCUT2D eigenvalue weighted by Gasteiger charge is 2.23. The molecule has 2 N–H and O–H groups in total. The minimum absolute atomic E-state index is 0.227. The summed E-state index contributed by atoms with van der Waals surface area (Å²) in [6.45, 7) is 4.16. The zero-order valence-corrected chi connectivity index (χ0v) is 18.4. The lowest BCUT2D eigenvalue weighted by atomic mass is 10.0. The van der Waals surface area contributed by atoms with Crippen LogP contribution in [0.25, 0.3) is 0 Å². The average Bonchev–Trinajstić information content (AvgIpc) is 3.36. The van der Waals surface area contributed by atoms with Crippen molar-refractivity contribution < 1.29 is 9.59 Å². The number of aryl methyl sites for hydroxylation is 1. The molecule has 3 aromatic rings. The highest BCUT2D eigenvalue weighted by Crippen LogP contribution is 2.25. The van der Waals surface area contributed by atoms with Crippen molar-refractivity contribution in [2.24, 2.45) is 0 Å². The number of hydrogen-bond donors (Lipinski definition) is 2. The summed E-state index contributed by atoms with van der Waals surface area (Å²) in [6.07, 6.45) is 2.86. The third-order valence-corrected chi connectivity index (χ3v) is 5.88. The Morgan fingerprint density at radius 1 is 0.906 bits per heavy atom. The summed E-state index contributed by atoms with van der Waals surface area (Å²) in [5.41, 5.74) is 4.49. The van der Waals surface area contributed by atoms with E-state index < -0.39 is 6.04 Å². The van der Waals surface area contributed by atoms with E-state index >= 15 is 0 Å². The van der Waals surface area contributed by atoms with Crippen molar-refractivity contribution in [3.05, 3.63) is 95.6 Å². The largest absolute Gasteiger partial charge is 0.372 e.